The molecule has 0 saturated carbocycles. The zero-order valence-electron chi connectivity index (χ0n) is 18.8. The Kier molecular flexibility index (Phi) is 6.56. The quantitative estimate of drug-likeness (QED) is 0.691. The van der Waals surface area contributed by atoms with E-state index in [0.717, 1.165) is 30.5 Å². The Bertz CT molecular complexity index is 998. The van der Waals surface area contributed by atoms with Crippen LogP contribution in [0.5, 0.6) is 0 Å². The van der Waals surface area contributed by atoms with E-state index in [1.807, 2.05) is 46.2 Å². The highest BCUT2D eigenvalue weighted by Crippen LogP contribution is 2.35. The third-order valence-electron chi connectivity index (χ3n) is 7.12. The van der Waals surface area contributed by atoms with Crippen LogP contribution in [0.1, 0.15) is 24.0 Å². The van der Waals surface area contributed by atoms with E-state index < -0.39 is 0 Å². The molecule has 3 aliphatic rings. The van der Waals surface area contributed by atoms with Crippen LogP contribution in [0.4, 0.5) is 5.69 Å². The van der Waals surface area contributed by atoms with E-state index in [2.05, 4.69) is 17.0 Å². The lowest BCUT2D eigenvalue weighted by Crippen LogP contribution is -2.52. The molecule has 0 N–H and O–H groups in total. The first kappa shape index (κ1) is 22.2. The zero-order chi connectivity index (χ0) is 22.8. The van der Waals surface area contributed by atoms with E-state index in [0.29, 0.717) is 51.0 Å². The van der Waals surface area contributed by atoms with Crippen molar-refractivity contribution in [3.63, 3.8) is 0 Å². The summed E-state index contributed by atoms with van der Waals surface area (Å²) in [4.78, 5) is 32.6. The number of piperidine rings is 1. The Hall–Kier alpha value is -2.57. The largest absolute Gasteiger partial charge is 0.378 e. The van der Waals surface area contributed by atoms with Gasteiger partial charge in [0.15, 0.2) is 0 Å². The number of anilines is 1. The Morgan fingerprint density at radius 1 is 0.879 bits per heavy atom. The molecule has 5 rings (SSSR count). The van der Waals surface area contributed by atoms with Gasteiger partial charge in [0.25, 0.3) is 0 Å². The second kappa shape index (κ2) is 9.74. The van der Waals surface area contributed by atoms with Gasteiger partial charge in [-0.15, -0.1) is 0 Å². The monoisotopic (exact) mass is 467 g/mol. The number of carbonyl (C=O) groups excluding carboxylic acids is 2. The number of carbonyl (C=O) groups is 2. The van der Waals surface area contributed by atoms with E-state index >= 15 is 0 Å². The highest BCUT2D eigenvalue weighted by atomic mass is 35.5. The first-order chi connectivity index (χ1) is 16.1. The molecule has 0 radical (unpaired) electrons. The van der Waals surface area contributed by atoms with Crippen LogP contribution in [0.15, 0.2) is 48.5 Å². The molecule has 0 aliphatic carbocycles. The molecule has 1 unspecified atom stereocenters. The van der Waals surface area contributed by atoms with Crippen LogP contribution in [-0.4, -0.2) is 67.0 Å². The van der Waals surface area contributed by atoms with Gasteiger partial charge >= 0.3 is 0 Å². The van der Waals surface area contributed by atoms with Crippen molar-refractivity contribution in [2.75, 3.05) is 44.3 Å². The van der Waals surface area contributed by atoms with Gasteiger partial charge in [-0.1, -0.05) is 41.9 Å². The molecule has 2 aromatic carbocycles. The number of halogens is 1. The third kappa shape index (κ3) is 4.73. The van der Waals surface area contributed by atoms with Crippen molar-refractivity contribution in [1.29, 1.82) is 0 Å². The van der Waals surface area contributed by atoms with Gasteiger partial charge < -0.3 is 19.4 Å². The molecule has 2 saturated heterocycles. The van der Waals surface area contributed by atoms with E-state index in [1.54, 1.807) is 0 Å². The van der Waals surface area contributed by atoms with Crippen LogP contribution in [0.2, 0.25) is 5.02 Å². The topological polar surface area (TPSA) is 53.1 Å². The Morgan fingerprint density at radius 3 is 2.27 bits per heavy atom. The van der Waals surface area contributed by atoms with Gasteiger partial charge in [0.05, 0.1) is 13.2 Å². The average Bonchev–Trinajstić information content (AvgIpc) is 3.23. The molecular formula is C26H30ClN3O3. The molecule has 1 atom stereocenters. The van der Waals surface area contributed by atoms with Crippen molar-refractivity contribution in [2.24, 2.45) is 5.92 Å². The molecule has 33 heavy (non-hydrogen) atoms. The zero-order valence-corrected chi connectivity index (χ0v) is 19.5. The highest BCUT2D eigenvalue weighted by molar-refractivity contribution is 6.30. The number of fused-ring (bicyclic) bond motifs is 1. The third-order valence-corrected chi connectivity index (χ3v) is 7.37. The van der Waals surface area contributed by atoms with Gasteiger partial charge in [-0.05, 0) is 42.2 Å². The fourth-order valence-corrected chi connectivity index (χ4v) is 5.38. The average molecular weight is 468 g/mol. The molecule has 174 valence electrons. The number of para-hydroxylation sites is 1. The molecule has 0 bridgehead atoms. The van der Waals surface area contributed by atoms with Crippen LogP contribution in [0.25, 0.3) is 0 Å². The molecule has 2 fully saturated rings. The summed E-state index contributed by atoms with van der Waals surface area (Å²) in [7, 11) is 0. The van der Waals surface area contributed by atoms with E-state index in [9.17, 15) is 9.59 Å². The number of hydrogen-bond donors (Lipinski definition) is 0. The van der Waals surface area contributed by atoms with Crippen molar-refractivity contribution in [1.82, 2.24) is 9.80 Å². The second-order valence-corrected chi connectivity index (χ2v) is 9.58. The molecule has 0 spiro atoms. The van der Waals surface area contributed by atoms with Gasteiger partial charge in [-0.25, -0.2) is 0 Å². The summed E-state index contributed by atoms with van der Waals surface area (Å²) < 4.78 is 5.37. The van der Waals surface area contributed by atoms with E-state index in [4.69, 9.17) is 16.3 Å². The Morgan fingerprint density at radius 2 is 1.55 bits per heavy atom. The van der Waals surface area contributed by atoms with Gasteiger partial charge in [-0.2, -0.15) is 0 Å². The molecule has 2 aromatic rings. The first-order valence-electron chi connectivity index (χ1n) is 11.8. The number of nitrogens with zero attached hydrogens (tertiary/aromatic N) is 3. The Labute approximate surface area is 200 Å². The fourth-order valence-electron chi connectivity index (χ4n) is 5.25. The van der Waals surface area contributed by atoms with Crippen LogP contribution in [-0.2, 0) is 27.3 Å². The lowest BCUT2D eigenvalue weighted by molar-refractivity contribution is -0.144. The summed E-state index contributed by atoms with van der Waals surface area (Å²) in [5, 5.41) is 0.711. The molecule has 3 heterocycles. The number of morpholine rings is 1. The minimum absolute atomic E-state index is 0.0121. The van der Waals surface area contributed by atoms with Crippen molar-refractivity contribution >= 4 is 29.1 Å². The number of hydrogen-bond acceptors (Lipinski definition) is 4. The summed E-state index contributed by atoms with van der Waals surface area (Å²) in [6.45, 7) is 4.54. The molecular weight excluding hydrogens is 438 g/mol. The summed E-state index contributed by atoms with van der Waals surface area (Å²) in [5.74, 6) is 0.401. The smallest absolute Gasteiger partial charge is 0.245 e. The van der Waals surface area contributed by atoms with Gasteiger partial charge in [0.2, 0.25) is 11.8 Å². The lowest BCUT2D eigenvalue weighted by Gasteiger charge is -2.37. The van der Waals surface area contributed by atoms with Crippen molar-refractivity contribution < 1.29 is 14.3 Å². The summed E-state index contributed by atoms with van der Waals surface area (Å²) in [5.41, 5.74) is 3.47. The van der Waals surface area contributed by atoms with Crippen LogP contribution in [0, 0.1) is 5.92 Å². The van der Waals surface area contributed by atoms with Gasteiger partial charge in [0.1, 0.15) is 6.04 Å². The minimum atomic E-state index is -0.218. The molecule has 0 aromatic heterocycles. The lowest BCUT2D eigenvalue weighted by atomic mass is 9.94. The van der Waals surface area contributed by atoms with Crippen LogP contribution < -0.4 is 4.90 Å². The summed E-state index contributed by atoms with van der Waals surface area (Å²) in [6, 6.07) is 15.9. The SMILES string of the molecule is O=C(C1CCN(C(=O)C2Cc3ccccc3N2Cc2ccc(Cl)cc2)CC1)N1CCOCC1. The number of amides is 2. The van der Waals surface area contributed by atoms with Crippen molar-refractivity contribution in [3.8, 4) is 0 Å². The molecule has 6 nitrogen and oxygen atoms in total. The van der Waals surface area contributed by atoms with Crippen LogP contribution >= 0.6 is 11.6 Å². The molecule has 7 heteroatoms. The maximum atomic E-state index is 13.7. The Balaban J connectivity index is 1.26. The summed E-state index contributed by atoms with van der Waals surface area (Å²) >= 11 is 6.07. The molecule has 2 amide bonds. The maximum Gasteiger partial charge on any atom is 0.245 e. The number of likely N-dealkylation sites (tertiary alicyclic amines) is 1. The predicted molar refractivity (Wildman–Crippen MR) is 128 cm³/mol. The van der Waals surface area contributed by atoms with Crippen LogP contribution in [0.3, 0.4) is 0 Å². The number of benzene rings is 2. The summed E-state index contributed by atoms with van der Waals surface area (Å²) in [6.07, 6.45) is 2.19. The number of ether oxygens (including phenoxy) is 1. The standard InChI is InChI=1S/C26H30ClN3O3/c27-22-7-5-19(6-8-22)18-30-23-4-2-1-3-21(23)17-24(30)26(32)28-11-9-20(10-12-28)25(31)29-13-15-33-16-14-29/h1-8,20,24H,9-18H2. The normalized spacial score (nSPS) is 21.2. The van der Waals surface area contributed by atoms with Gasteiger partial charge in [-0.3, -0.25) is 9.59 Å². The number of rotatable bonds is 4. The minimum Gasteiger partial charge on any atom is -0.378 e. The van der Waals surface area contributed by atoms with E-state index in [-0.39, 0.29) is 23.8 Å². The second-order valence-electron chi connectivity index (χ2n) is 9.14. The predicted octanol–water partition coefficient (Wildman–Crippen LogP) is 3.37. The highest BCUT2D eigenvalue weighted by Gasteiger charge is 2.39. The first-order valence-corrected chi connectivity index (χ1v) is 12.2. The molecule has 3 aliphatic heterocycles. The van der Waals surface area contributed by atoms with Crippen molar-refractivity contribution in [3.05, 3.63) is 64.7 Å². The fraction of sp³-hybridized carbons (Fsp3) is 0.462. The maximum absolute atomic E-state index is 13.7. The van der Waals surface area contributed by atoms with E-state index in [1.165, 1.54) is 5.56 Å². The van der Waals surface area contributed by atoms with Crippen molar-refractivity contribution in [2.45, 2.75) is 31.8 Å². The van der Waals surface area contributed by atoms with Gasteiger partial charge in [0, 0.05) is 55.8 Å².